The van der Waals surface area contributed by atoms with Crippen LogP contribution in [0.1, 0.15) is 24.0 Å². The van der Waals surface area contributed by atoms with Crippen molar-refractivity contribution in [3.05, 3.63) is 59.7 Å². The fourth-order valence-electron chi connectivity index (χ4n) is 3.48. The van der Waals surface area contributed by atoms with Crippen LogP contribution in [0.5, 0.6) is 0 Å². The molecule has 0 aliphatic heterocycles. The van der Waals surface area contributed by atoms with Gasteiger partial charge in [-0.15, -0.1) is 0 Å². The summed E-state index contributed by atoms with van der Waals surface area (Å²) in [5.41, 5.74) is 2.98. The number of fused-ring (bicyclic) bond motifs is 3. The molecule has 0 saturated carbocycles. The summed E-state index contributed by atoms with van der Waals surface area (Å²) in [7, 11) is 2.80. The zero-order valence-electron chi connectivity index (χ0n) is 15.6. The van der Waals surface area contributed by atoms with Gasteiger partial charge in [-0.25, -0.2) is 9.59 Å². The summed E-state index contributed by atoms with van der Waals surface area (Å²) in [6.07, 6.45) is -0.696. The number of aliphatic carboxylic acids is 1. The summed E-state index contributed by atoms with van der Waals surface area (Å²) in [5, 5.41) is 9.49. The van der Waals surface area contributed by atoms with Crippen LogP contribution >= 0.6 is 0 Å². The van der Waals surface area contributed by atoms with Gasteiger partial charge in [0.05, 0.1) is 6.61 Å². The first kappa shape index (κ1) is 18.9. The largest absolute Gasteiger partial charge is 0.479 e. The number of carbonyl (C=O) groups excluding carboxylic acids is 1. The number of ether oxygens (including phenoxy) is 2. The molecule has 6 heteroatoms. The van der Waals surface area contributed by atoms with Crippen molar-refractivity contribution in [2.45, 2.75) is 18.4 Å². The number of amides is 1. The molecule has 1 aliphatic rings. The number of likely N-dealkylation sites (N-methyl/N-ethyl adjacent to an activating group) is 1. The van der Waals surface area contributed by atoms with Gasteiger partial charge in [-0.2, -0.15) is 0 Å². The van der Waals surface area contributed by atoms with E-state index in [1.807, 2.05) is 36.4 Å². The Bertz CT molecular complexity index is 820. The van der Waals surface area contributed by atoms with Gasteiger partial charge in [0.1, 0.15) is 6.61 Å². The summed E-state index contributed by atoms with van der Waals surface area (Å²) >= 11 is 0. The molecule has 0 fully saturated rings. The summed E-state index contributed by atoms with van der Waals surface area (Å²) in [5.74, 6) is -1.23. The molecule has 0 spiro atoms. The molecule has 0 heterocycles. The van der Waals surface area contributed by atoms with Crippen LogP contribution < -0.4 is 0 Å². The zero-order chi connectivity index (χ0) is 19.6. The number of rotatable bonds is 6. The molecule has 0 radical (unpaired) electrons. The fraction of sp³-hybridized carbons (Fsp3) is 0.333. The van der Waals surface area contributed by atoms with E-state index in [4.69, 9.17) is 9.47 Å². The molecule has 0 aromatic heterocycles. The molecule has 1 amide bonds. The van der Waals surface area contributed by atoms with Crippen molar-refractivity contribution < 1.29 is 24.2 Å². The van der Waals surface area contributed by atoms with Gasteiger partial charge in [-0.1, -0.05) is 48.5 Å². The number of hydrogen-bond acceptors (Lipinski definition) is 4. The minimum absolute atomic E-state index is 0.0757. The second kappa shape index (κ2) is 7.40. The highest BCUT2D eigenvalue weighted by atomic mass is 16.6. The molecule has 142 valence electrons. The van der Waals surface area contributed by atoms with Gasteiger partial charge in [-0.3, -0.25) is 4.90 Å². The third kappa shape index (κ3) is 3.28. The van der Waals surface area contributed by atoms with Gasteiger partial charge in [0.2, 0.25) is 0 Å². The van der Waals surface area contributed by atoms with Gasteiger partial charge in [0, 0.05) is 20.1 Å². The van der Waals surface area contributed by atoms with E-state index >= 15 is 0 Å². The van der Waals surface area contributed by atoms with E-state index in [9.17, 15) is 14.7 Å². The lowest BCUT2D eigenvalue weighted by Crippen LogP contribution is -2.56. The van der Waals surface area contributed by atoms with Crippen molar-refractivity contribution in [1.29, 1.82) is 0 Å². The van der Waals surface area contributed by atoms with Gasteiger partial charge < -0.3 is 14.6 Å². The maximum Gasteiger partial charge on any atom is 0.410 e. The van der Waals surface area contributed by atoms with Crippen molar-refractivity contribution in [3.63, 3.8) is 0 Å². The second-order valence-electron chi connectivity index (χ2n) is 6.88. The molecule has 0 saturated heterocycles. The lowest BCUT2D eigenvalue weighted by Gasteiger charge is -2.33. The molecular formula is C21H23NO5. The van der Waals surface area contributed by atoms with Gasteiger partial charge in [0.15, 0.2) is 5.54 Å². The maximum absolute atomic E-state index is 12.5. The molecule has 1 unspecified atom stereocenters. The highest BCUT2D eigenvalue weighted by Crippen LogP contribution is 2.44. The number of carboxylic acids is 1. The average Bonchev–Trinajstić information content (AvgIpc) is 2.99. The Morgan fingerprint density at radius 1 is 1.07 bits per heavy atom. The molecular weight excluding hydrogens is 346 g/mol. The average molecular weight is 369 g/mol. The standard InChI is InChI=1S/C21H23NO5/c1-21(13-26-3,19(23)24)22(2)20(25)27-12-18-16-10-6-4-8-14(16)15-9-5-7-11-17(15)18/h4-11,18H,12-13H2,1-3H3,(H,23,24). The minimum Gasteiger partial charge on any atom is -0.479 e. The van der Waals surface area contributed by atoms with Crippen LogP contribution in [0.25, 0.3) is 11.1 Å². The van der Waals surface area contributed by atoms with Crippen molar-refractivity contribution in [1.82, 2.24) is 4.90 Å². The zero-order valence-corrected chi connectivity index (χ0v) is 15.6. The smallest absolute Gasteiger partial charge is 0.410 e. The molecule has 1 N–H and O–H groups in total. The highest BCUT2D eigenvalue weighted by Gasteiger charge is 2.41. The Kier molecular flexibility index (Phi) is 5.19. The Labute approximate surface area is 158 Å². The van der Waals surface area contributed by atoms with Crippen molar-refractivity contribution in [3.8, 4) is 11.1 Å². The molecule has 1 aliphatic carbocycles. The van der Waals surface area contributed by atoms with E-state index in [1.165, 1.54) is 21.1 Å². The van der Waals surface area contributed by atoms with E-state index < -0.39 is 17.6 Å². The summed E-state index contributed by atoms with van der Waals surface area (Å²) in [4.78, 5) is 25.2. The van der Waals surface area contributed by atoms with E-state index in [-0.39, 0.29) is 19.1 Å². The van der Waals surface area contributed by atoms with Crippen LogP contribution in [0.2, 0.25) is 0 Å². The lowest BCUT2D eigenvalue weighted by atomic mass is 9.98. The van der Waals surface area contributed by atoms with Crippen LogP contribution in [-0.4, -0.2) is 55.0 Å². The molecule has 1 atom stereocenters. The SMILES string of the molecule is COCC(C)(C(=O)O)N(C)C(=O)OCC1c2ccccc2-c2ccccc21. The third-order valence-electron chi connectivity index (χ3n) is 5.24. The third-order valence-corrected chi connectivity index (χ3v) is 5.24. The summed E-state index contributed by atoms with van der Waals surface area (Å²) in [6.45, 7) is 1.43. The first-order valence-electron chi connectivity index (χ1n) is 8.71. The van der Waals surface area contributed by atoms with Crippen LogP contribution in [0.3, 0.4) is 0 Å². The van der Waals surface area contributed by atoms with Gasteiger partial charge in [-0.05, 0) is 29.2 Å². The monoisotopic (exact) mass is 369 g/mol. The highest BCUT2D eigenvalue weighted by molar-refractivity contribution is 5.84. The van der Waals surface area contributed by atoms with Gasteiger partial charge >= 0.3 is 12.1 Å². The van der Waals surface area contributed by atoms with Crippen molar-refractivity contribution in [2.75, 3.05) is 27.4 Å². The summed E-state index contributed by atoms with van der Waals surface area (Å²) < 4.78 is 10.5. The Hall–Kier alpha value is -2.86. The topological polar surface area (TPSA) is 76.1 Å². The number of carboxylic acid groups (broad SMARTS) is 1. The number of benzene rings is 2. The maximum atomic E-state index is 12.5. The molecule has 27 heavy (non-hydrogen) atoms. The number of methoxy groups -OCH3 is 1. The first-order chi connectivity index (χ1) is 12.9. The van der Waals surface area contributed by atoms with E-state index in [1.54, 1.807) is 0 Å². The van der Waals surface area contributed by atoms with Gasteiger partial charge in [0.25, 0.3) is 0 Å². The van der Waals surface area contributed by atoms with Crippen LogP contribution in [0, 0.1) is 0 Å². The molecule has 6 nitrogen and oxygen atoms in total. The molecule has 2 aromatic carbocycles. The number of carbonyl (C=O) groups is 2. The minimum atomic E-state index is -1.50. The molecule has 2 aromatic rings. The summed E-state index contributed by atoms with van der Waals surface area (Å²) in [6, 6.07) is 16.1. The van der Waals surface area contributed by atoms with E-state index in [0.717, 1.165) is 27.2 Å². The van der Waals surface area contributed by atoms with Crippen LogP contribution in [0.4, 0.5) is 4.79 Å². The van der Waals surface area contributed by atoms with E-state index in [2.05, 4.69) is 12.1 Å². The Balaban J connectivity index is 1.79. The Morgan fingerprint density at radius 3 is 2.07 bits per heavy atom. The van der Waals surface area contributed by atoms with E-state index in [0.29, 0.717) is 0 Å². The van der Waals surface area contributed by atoms with Crippen molar-refractivity contribution >= 4 is 12.1 Å². The number of hydrogen-bond donors (Lipinski definition) is 1. The normalized spacial score (nSPS) is 14.8. The van der Waals surface area contributed by atoms with Crippen molar-refractivity contribution in [2.24, 2.45) is 0 Å². The second-order valence-corrected chi connectivity index (χ2v) is 6.88. The first-order valence-corrected chi connectivity index (χ1v) is 8.71. The predicted octanol–water partition coefficient (Wildman–Crippen LogP) is 3.36. The lowest BCUT2D eigenvalue weighted by molar-refractivity contribution is -0.152. The Morgan fingerprint density at radius 2 is 1.59 bits per heavy atom. The molecule has 3 rings (SSSR count). The van der Waals surface area contributed by atoms with Crippen LogP contribution in [0.15, 0.2) is 48.5 Å². The molecule has 0 bridgehead atoms. The number of nitrogens with zero attached hydrogens (tertiary/aromatic N) is 1. The predicted molar refractivity (Wildman–Crippen MR) is 101 cm³/mol. The quantitative estimate of drug-likeness (QED) is 0.845. The van der Waals surface area contributed by atoms with Crippen LogP contribution in [-0.2, 0) is 14.3 Å². The fourth-order valence-corrected chi connectivity index (χ4v) is 3.48.